The van der Waals surface area contributed by atoms with E-state index in [4.69, 9.17) is 4.52 Å². The largest absolute Gasteiger partial charge is 0.356 e. The van der Waals surface area contributed by atoms with Crippen LogP contribution in [0.3, 0.4) is 0 Å². The normalized spacial score (nSPS) is 12.6. The molecule has 0 saturated heterocycles. The van der Waals surface area contributed by atoms with Crippen LogP contribution in [0.1, 0.15) is 24.5 Å². The van der Waals surface area contributed by atoms with E-state index in [2.05, 4.69) is 25.4 Å². The molecule has 6 aromatic heterocycles. The van der Waals surface area contributed by atoms with E-state index in [1.165, 1.54) is 0 Å². The van der Waals surface area contributed by atoms with E-state index in [0.29, 0.717) is 28.1 Å². The molecule has 6 heterocycles. The summed E-state index contributed by atoms with van der Waals surface area (Å²) in [5, 5.41) is 17.4. The number of hydrogen-bond acceptors (Lipinski definition) is 7. The average molecular weight is 452 g/mol. The Morgan fingerprint density at radius 2 is 1.88 bits per heavy atom. The van der Waals surface area contributed by atoms with Crippen molar-refractivity contribution in [3.63, 3.8) is 0 Å². The first-order chi connectivity index (χ1) is 16.5. The summed E-state index contributed by atoms with van der Waals surface area (Å²) in [6.07, 6.45) is 9.04. The van der Waals surface area contributed by atoms with Gasteiger partial charge < -0.3 is 9.09 Å². The fourth-order valence-electron chi connectivity index (χ4n) is 4.13. The quantitative estimate of drug-likeness (QED) is 0.403. The molecule has 0 amide bonds. The Labute approximate surface area is 193 Å². The van der Waals surface area contributed by atoms with E-state index in [9.17, 15) is 4.79 Å². The lowest BCUT2D eigenvalue weighted by molar-refractivity contribution is 0.427. The zero-order valence-corrected chi connectivity index (χ0v) is 18.7. The highest BCUT2D eigenvalue weighted by atomic mass is 16.5. The number of rotatable bonds is 4. The molecule has 0 aliphatic rings. The standard InChI is InChI=1S/C24H20N8O2/c1-14-8-21(34-29-14)16-4-5-22-27-28-23(32(22)13-16)15(2)31-7-6-20-19(24(31)33)9-17(10-25-20)18-11-26-30(3)12-18/h4-13,15H,1-3H3. The summed E-state index contributed by atoms with van der Waals surface area (Å²) in [6, 6.07) is 8.97. The molecule has 0 radical (unpaired) electrons. The molecule has 1 atom stereocenters. The van der Waals surface area contributed by atoms with Crippen LogP contribution in [0.15, 0.2) is 70.6 Å². The minimum Gasteiger partial charge on any atom is -0.356 e. The first-order valence-corrected chi connectivity index (χ1v) is 10.8. The molecule has 0 aliphatic carbocycles. The van der Waals surface area contributed by atoms with Gasteiger partial charge in [-0.15, -0.1) is 10.2 Å². The minimum atomic E-state index is -0.374. The fourth-order valence-corrected chi connectivity index (χ4v) is 4.13. The molecule has 6 rings (SSSR count). The number of nitrogens with zero attached hydrogens (tertiary/aromatic N) is 8. The second-order valence-corrected chi connectivity index (χ2v) is 8.30. The highest BCUT2D eigenvalue weighted by Gasteiger charge is 2.19. The molecule has 0 bridgehead atoms. The van der Waals surface area contributed by atoms with Gasteiger partial charge >= 0.3 is 0 Å². The van der Waals surface area contributed by atoms with Crippen LogP contribution in [0.4, 0.5) is 0 Å². The van der Waals surface area contributed by atoms with E-state index in [1.54, 1.807) is 27.8 Å². The van der Waals surface area contributed by atoms with Gasteiger partial charge in [0.25, 0.3) is 5.56 Å². The van der Waals surface area contributed by atoms with Crippen LogP contribution in [0.25, 0.3) is 39.0 Å². The molecule has 168 valence electrons. The van der Waals surface area contributed by atoms with Crippen molar-refractivity contribution in [2.24, 2.45) is 7.05 Å². The van der Waals surface area contributed by atoms with Crippen LogP contribution in [-0.2, 0) is 7.05 Å². The Morgan fingerprint density at radius 1 is 1.00 bits per heavy atom. The van der Waals surface area contributed by atoms with Gasteiger partial charge in [0.1, 0.15) is 0 Å². The van der Waals surface area contributed by atoms with E-state index in [-0.39, 0.29) is 11.6 Å². The summed E-state index contributed by atoms with van der Waals surface area (Å²) < 4.78 is 10.6. The molecule has 0 N–H and O–H groups in total. The number of fused-ring (bicyclic) bond motifs is 2. The summed E-state index contributed by atoms with van der Waals surface area (Å²) in [4.78, 5) is 18.0. The summed E-state index contributed by atoms with van der Waals surface area (Å²) in [7, 11) is 1.85. The maximum Gasteiger partial charge on any atom is 0.260 e. The zero-order chi connectivity index (χ0) is 23.4. The van der Waals surface area contributed by atoms with E-state index >= 15 is 0 Å². The predicted octanol–water partition coefficient (Wildman–Crippen LogP) is 3.41. The van der Waals surface area contributed by atoms with Crippen molar-refractivity contribution < 1.29 is 4.52 Å². The lowest BCUT2D eigenvalue weighted by Crippen LogP contribution is -2.25. The molecular formula is C24H20N8O2. The van der Waals surface area contributed by atoms with Gasteiger partial charge in [-0.1, -0.05) is 5.16 Å². The van der Waals surface area contributed by atoms with Crippen molar-refractivity contribution in [2.75, 3.05) is 0 Å². The van der Waals surface area contributed by atoms with Crippen molar-refractivity contribution >= 4 is 16.6 Å². The summed E-state index contributed by atoms with van der Waals surface area (Å²) in [5.74, 6) is 1.29. The van der Waals surface area contributed by atoms with Crippen LogP contribution < -0.4 is 5.56 Å². The SMILES string of the molecule is Cc1cc(-c2ccc3nnc(C(C)n4ccc5ncc(-c6cnn(C)c6)cc5c4=O)n3c2)on1. The summed E-state index contributed by atoms with van der Waals surface area (Å²) in [5.41, 5.74) is 4.54. The maximum absolute atomic E-state index is 13.5. The van der Waals surface area contributed by atoms with E-state index in [0.717, 1.165) is 22.4 Å². The second-order valence-electron chi connectivity index (χ2n) is 8.30. The first kappa shape index (κ1) is 20.0. The summed E-state index contributed by atoms with van der Waals surface area (Å²) in [6.45, 7) is 3.80. The van der Waals surface area contributed by atoms with Gasteiger partial charge in [-0.3, -0.25) is 18.9 Å². The Bertz CT molecular complexity index is 1740. The van der Waals surface area contributed by atoms with Gasteiger partial charge in [0.2, 0.25) is 0 Å². The smallest absolute Gasteiger partial charge is 0.260 e. The Morgan fingerprint density at radius 3 is 2.65 bits per heavy atom. The molecule has 1 unspecified atom stereocenters. The maximum atomic E-state index is 13.5. The third-order valence-corrected chi connectivity index (χ3v) is 5.95. The molecule has 10 nitrogen and oxygen atoms in total. The van der Waals surface area contributed by atoms with Crippen LogP contribution >= 0.6 is 0 Å². The molecular weight excluding hydrogens is 432 g/mol. The topological polar surface area (TPSA) is 109 Å². The van der Waals surface area contributed by atoms with Crippen molar-refractivity contribution in [3.8, 4) is 22.5 Å². The molecule has 0 saturated carbocycles. The van der Waals surface area contributed by atoms with Crippen LogP contribution in [0.5, 0.6) is 0 Å². The lowest BCUT2D eigenvalue weighted by Gasteiger charge is -2.15. The third-order valence-electron chi connectivity index (χ3n) is 5.95. The van der Waals surface area contributed by atoms with Crippen molar-refractivity contribution in [2.45, 2.75) is 19.9 Å². The molecule has 10 heteroatoms. The minimum absolute atomic E-state index is 0.151. The van der Waals surface area contributed by atoms with Gasteiger partial charge in [-0.05, 0) is 38.1 Å². The number of aromatic nitrogens is 8. The van der Waals surface area contributed by atoms with Gasteiger partial charge in [0.15, 0.2) is 17.2 Å². The molecule has 0 aliphatic heterocycles. The summed E-state index contributed by atoms with van der Waals surface area (Å²) >= 11 is 0. The van der Waals surface area contributed by atoms with E-state index < -0.39 is 0 Å². The molecule has 0 aromatic carbocycles. The second kappa shape index (κ2) is 7.48. The van der Waals surface area contributed by atoms with E-state index in [1.807, 2.05) is 68.0 Å². The lowest BCUT2D eigenvalue weighted by atomic mass is 10.1. The molecule has 0 spiro atoms. The molecule has 0 fully saturated rings. The van der Waals surface area contributed by atoms with Gasteiger partial charge in [0, 0.05) is 54.6 Å². The predicted molar refractivity (Wildman–Crippen MR) is 125 cm³/mol. The van der Waals surface area contributed by atoms with Crippen molar-refractivity contribution in [1.29, 1.82) is 0 Å². The Balaban J connectivity index is 1.45. The van der Waals surface area contributed by atoms with Crippen LogP contribution in [-0.4, -0.2) is 39.1 Å². The monoisotopic (exact) mass is 452 g/mol. The zero-order valence-electron chi connectivity index (χ0n) is 18.7. The number of hydrogen-bond donors (Lipinski definition) is 0. The highest BCUT2D eigenvalue weighted by Crippen LogP contribution is 2.24. The number of pyridine rings is 3. The van der Waals surface area contributed by atoms with Gasteiger partial charge in [0.05, 0.1) is 28.8 Å². The Hall–Kier alpha value is -4.60. The third kappa shape index (κ3) is 3.19. The van der Waals surface area contributed by atoms with Crippen LogP contribution in [0, 0.1) is 6.92 Å². The molecule has 6 aromatic rings. The number of aryl methyl sites for hydroxylation is 2. The van der Waals surface area contributed by atoms with Gasteiger partial charge in [-0.25, -0.2) is 0 Å². The first-order valence-electron chi connectivity index (χ1n) is 10.8. The van der Waals surface area contributed by atoms with Gasteiger partial charge in [-0.2, -0.15) is 5.10 Å². The molecule has 34 heavy (non-hydrogen) atoms. The van der Waals surface area contributed by atoms with Crippen molar-refractivity contribution in [1.82, 2.24) is 39.1 Å². The average Bonchev–Trinajstić information content (AvgIpc) is 3.58. The van der Waals surface area contributed by atoms with Crippen LogP contribution in [0.2, 0.25) is 0 Å². The van der Waals surface area contributed by atoms with Crippen molar-refractivity contribution in [3.05, 3.63) is 83.2 Å². The Kier molecular flexibility index (Phi) is 4.41. The highest BCUT2D eigenvalue weighted by molar-refractivity contribution is 5.82. The fraction of sp³-hybridized carbons (Fsp3) is 0.167.